The number of ether oxygens (including phenoxy) is 1. The summed E-state index contributed by atoms with van der Waals surface area (Å²) in [5.74, 6) is -0.980. The summed E-state index contributed by atoms with van der Waals surface area (Å²) in [5, 5.41) is 0.785. The van der Waals surface area contributed by atoms with Gasteiger partial charge < -0.3 is 4.74 Å². The van der Waals surface area contributed by atoms with Gasteiger partial charge in [0, 0.05) is 15.8 Å². The highest BCUT2D eigenvalue weighted by atomic mass is 32.1. The summed E-state index contributed by atoms with van der Waals surface area (Å²) in [4.78, 5) is 38.9. The molecule has 130 valence electrons. The molecule has 0 saturated carbocycles. The Labute approximate surface area is 153 Å². The zero-order valence-corrected chi connectivity index (χ0v) is 14.8. The van der Waals surface area contributed by atoms with E-state index in [9.17, 15) is 14.4 Å². The van der Waals surface area contributed by atoms with Gasteiger partial charge in [0.25, 0.3) is 11.8 Å². The summed E-state index contributed by atoms with van der Waals surface area (Å²) in [7, 11) is 0. The topological polar surface area (TPSA) is 63.7 Å². The molecule has 1 aromatic heterocycles. The number of amides is 2. The van der Waals surface area contributed by atoms with Crippen molar-refractivity contribution in [1.82, 2.24) is 4.90 Å². The van der Waals surface area contributed by atoms with Crippen LogP contribution in [0.4, 0.5) is 0 Å². The third-order valence-corrected chi connectivity index (χ3v) is 5.40. The highest BCUT2D eigenvalue weighted by Crippen LogP contribution is 2.29. The standard InChI is InChI=1S/C20H15NO4S/c1-2-25-20(24)17-10-14-9-12(7-8-16(14)26-17)18(22)21-11-13-5-3-4-6-15(13)19(21)23/h3-10H,2,11H2,1H3. The largest absolute Gasteiger partial charge is 0.462 e. The lowest BCUT2D eigenvalue weighted by Gasteiger charge is -2.13. The molecular weight excluding hydrogens is 350 g/mol. The first kappa shape index (κ1) is 16.5. The van der Waals surface area contributed by atoms with Crippen LogP contribution >= 0.6 is 11.3 Å². The Kier molecular flexibility index (Phi) is 4.05. The van der Waals surface area contributed by atoms with Crippen molar-refractivity contribution in [3.63, 3.8) is 0 Å². The molecule has 1 aliphatic rings. The summed E-state index contributed by atoms with van der Waals surface area (Å²) in [6, 6.07) is 14.2. The minimum Gasteiger partial charge on any atom is -0.462 e. The summed E-state index contributed by atoms with van der Waals surface area (Å²) < 4.78 is 5.91. The van der Waals surface area contributed by atoms with Gasteiger partial charge in [-0.3, -0.25) is 14.5 Å². The number of rotatable bonds is 3. The second kappa shape index (κ2) is 6.38. The van der Waals surface area contributed by atoms with E-state index in [1.165, 1.54) is 16.2 Å². The molecule has 0 N–H and O–H groups in total. The molecule has 26 heavy (non-hydrogen) atoms. The average Bonchev–Trinajstić information content (AvgIpc) is 3.22. The number of nitrogens with zero attached hydrogens (tertiary/aromatic N) is 1. The van der Waals surface area contributed by atoms with Crippen molar-refractivity contribution >= 4 is 39.2 Å². The van der Waals surface area contributed by atoms with Crippen LogP contribution in [0.1, 0.15) is 42.9 Å². The zero-order valence-electron chi connectivity index (χ0n) is 14.0. The Balaban J connectivity index is 1.64. The van der Waals surface area contributed by atoms with E-state index in [0.29, 0.717) is 22.6 Å². The van der Waals surface area contributed by atoms with Crippen LogP contribution < -0.4 is 0 Å². The Bertz CT molecular complexity index is 1050. The third kappa shape index (κ3) is 2.68. The molecule has 0 atom stereocenters. The third-order valence-electron chi connectivity index (χ3n) is 4.31. The normalized spacial score (nSPS) is 13.1. The van der Waals surface area contributed by atoms with Crippen LogP contribution in [0, 0.1) is 0 Å². The molecular formula is C20H15NO4S. The van der Waals surface area contributed by atoms with E-state index >= 15 is 0 Å². The van der Waals surface area contributed by atoms with E-state index in [2.05, 4.69) is 0 Å². The predicted octanol–water partition coefficient (Wildman–Crippen LogP) is 3.87. The van der Waals surface area contributed by atoms with Crippen molar-refractivity contribution < 1.29 is 19.1 Å². The Hall–Kier alpha value is -2.99. The van der Waals surface area contributed by atoms with Gasteiger partial charge in [0.05, 0.1) is 13.2 Å². The van der Waals surface area contributed by atoms with Gasteiger partial charge in [-0.1, -0.05) is 18.2 Å². The van der Waals surface area contributed by atoms with Crippen molar-refractivity contribution in [3.05, 3.63) is 70.1 Å². The van der Waals surface area contributed by atoms with Crippen LogP contribution in [0.5, 0.6) is 0 Å². The number of benzene rings is 2. The quantitative estimate of drug-likeness (QED) is 0.522. The molecule has 2 heterocycles. The van der Waals surface area contributed by atoms with Crippen LogP contribution in [0.15, 0.2) is 48.5 Å². The van der Waals surface area contributed by atoms with E-state index in [0.717, 1.165) is 15.6 Å². The molecule has 0 spiro atoms. The first-order valence-corrected chi connectivity index (χ1v) is 9.05. The fraction of sp³-hybridized carbons (Fsp3) is 0.150. The average molecular weight is 365 g/mol. The summed E-state index contributed by atoms with van der Waals surface area (Å²) >= 11 is 1.32. The van der Waals surface area contributed by atoms with E-state index in [1.54, 1.807) is 43.3 Å². The molecule has 5 nitrogen and oxygen atoms in total. The minimum atomic E-state index is -0.369. The van der Waals surface area contributed by atoms with Crippen molar-refractivity contribution in [3.8, 4) is 0 Å². The van der Waals surface area contributed by atoms with Gasteiger partial charge in [-0.2, -0.15) is 0 Å². The Morgan fingerprint density at radius 3 is 2.73 bits per heavy atom. The Morgan fingerprint density at radius 2 is 1.96 bits per heavy atom. The van der Waals surface area contributed by atoms with Crippen molar-refractivity contribution in [1.29, 1.82) is 0 Å². The maximum Gasteiger partial charge on any atom is 0.348 e. The number of hydrogen-bond acceptors (Lipinski definition) is 5. The first-order chi connectivity index (χ1) is 12.6. The number of thiophene rings is 1. The molecule has 4 rings (SSSR count). The minimum absolute atomic E-state index is 0.275. The molecule has 0 aliphatic carbocycles. The van der Waals surface area contributed by atoms with Gasteiger partial charge in [0.15, 0.2) is 0 Å². The highest BCUT2D eigenvalue weighted by Gasteiger charge is 2.32. The van der Waals surface area contributed by atoms with Crippen LogP contribution in [-0.2, 0) is 11.3 Å². The van der Waals surface area contributed by atoms with Crippen LogP contribution in [-0.4, -0.2) is 29.3 Å². The summed E-state index contributed by atoms with van der Waals surface area (Å²) in [6.45, 7) is 2.35. The van der Waals surface area contributed by atoms with E-state index in [-0.39, 0.29) is 24.3 Å². The number of carbonyl (C=O) groups is 3. The molecule has 0 bridgehead atoms. The SMILES string of the molecule is CCOC(=O)c1cc2cc(C(=O)N3Cc4ccccc4C3=O)ccc2s1. The van der Waals surface area contributed by atoms with Gasteiger partial charge in [-0.05, 0) is 48.2 Å². The second-order valence-corrected chi connectivity index (χ2v) is 7.02. The van der Waals surface area contributed by atoms with Crippen LogP contribution in [0.25, 0.3) is 10.1 Å². The Morgan fingerprint density at radius 1 is 1.15 bits per heavy atom. The highest BCUT2D eigenvalue weighted by molar-refractivity contribution is 7.20. The number of imide groups is 1. The number of esters is 1. The summed E-state index contributed by atoms with van der Waals surface area (Å²) in [6.07, 6.45) is 0. The molecule has 0 fully saturated rings. The van der Waals surface area contributed by atoms with Gasteiger partial charge in [0.2, 0.25) is 0 Å². The maximum absolute atomic E-state index is 12.8. The molecule has 6 heteroatoms. The summed E-state index contributed by atoms with van der Waals surface area (Å²) in [5.41, 5.74) is 1.85. The fourth-order valence-electron chi connectivity index (χ4n) is 3.05. The molecule has 3 aromatic rings. The monoisotopic (exact) mass is 365 g/mol. The molecule has 2 aromatic carbocycles. The zero-order chi connectivity index (χ0) is 18.3. The number of fused-ring (bicyclic) bond motifs is 2. The van der Waals surface area contributed by atoms with E-state index < -0.39 is 0 Å². The van der Waals surface area contributed by atoms with E-state index in [4.69, 9.17) is 4.74 Å². The molecule has 1 aliphatic heterocycles. The first-order valence-electron chi connectivity index (χ1n) is 8.23. The number of carbonyl (C=O) groups excluding carboxylic acids is 3. The van der Waals surface area contributed by atoms with E-state index in [1.807, 2.05) is 12.1 Å². The van der Waals surface area contributed by atoms with Crippen LogP contribution in [0.3, 0.4) is 0 Å². The van der Waals surface area contributed by atoms with Gasteiger partial charge in [-0.25, -0.2) is 4.79 Å². The molecule has 0 saturated heterocycles. The fourth-order valence-corrected chi connectivity index (χ4v) is 3.99. The molecule has 0 radical (unpaired) electrons. The van der Waals surface area contributed by atoms with Crippen molar-refractivity contribution in [2.24, 2.45) is 0 Å². The van der Waals surface area contributed by atoms with Crippen molar-refractivity contribution in [2.45, 2.75) is 13.5 Å². The predicted molar refractivity (Wildman–Crippen MR) is 98.4 cm³/mol. The smallest absolute Gasteiger partial charge is 0.348 e. The molecule has 2 amide bonds. The molecule has 0 unspecified atom stereocenters. The van der Waals surface area contributed by atoms with Gasteiger partial charge in [0.1, 0.15) is 4.88 Å². The van der Waals surface area contributed by atoms with Crippen molar-refractivity contribution in [2.75, 3.05) is 6.61 Å². The van der Waals surface area contributed by atoms with Gasteiger partial charge >= 0.3 is 5.97 Å². The lowest BCUT2D eigenvalue weighted by molar-refractivity contribution is 0.0531. The second-order valence-electron chi connectivity index (χ2n) is 5.94. The lowest BCUT2D eigenvalue weighted by Crippen LogP contribution is -2.31. The van der Waals surface area contributed by atoms with Crippen LogP contribution in [0.2, 0.25) is 0 Å². The maximum atomic E-state index is 12.8. The number of hydrogen-bond donors (Lipinski definition) is 0. The van der Waals surface area contributed by atoms with Gasteiger partial charge in [-0.15, -0.1) is 11.3 Å². The lowest BCUT2D eigenvalue weighted by atomic mass is 10.1.